The summed E-state index contributed by atoms with van der Waals surface area (Å²) in [6, 6.07) is 6.14. The first-order chi connectivity index (χ1) is 8.90. The Morgan fingerprint density at radius 3 is 2.47 bits per heavy atom. The summed E-state index contributed by atoms with van der Waals surface area (Å²) < 4.78 is 0. The Labute approximate surface area is 114 Å². The maximum atomic E-state index is 11.7. The van der Waals surface area contributed by atoms with Crippen LogP contribution in [0.15, 0.2) is 24.3 Å². The first-order valence-corrected chi connectivity index (χ1v) is 5.76. The van der Waals surface area contributed by atoms with Gasteiger partial charge in [0, 0.05) is 17.1 Å². The highest BCUT2D eigenvalue weighted by Gasteiger charge is 2.21. The fourth-order valence-corrected chi connectivity index (χ4v) is 1.60. The van der Waals surface area contributed by atoms with Crippen LogP contribution in [-0.4, -0.2) is 34.6 Å². The van der Waals surface area contributed by atoms with Gasteiger partial charge in [-0.1, -0.05) is 17.7 Å². The van der Waals surface area contributed by atoms with Crippen LogP contribution in [0.4, 0.5) is 0 Å². The summed E-state index contributed by atoms with van der Waals surface area (Å²) >= 11 is 5.72. The van der Waals surface area contributed by atoms with Crippen molar-refractivity contribution in [1.29, 1.82) is 0 Å². The number of benzene rings is 1. The Morgan fingerprint density at radius 2 is 1.95 bits per heavy atom. The summed E-state index contributed by atoms with van der Waals surface area (Å²) in [5, 5.41) is 20.1. The van der Waals surface area contributed by atoms with E-state index in [1.165, 1.54) is 12.1 Å². The second-order valence-corrected chi connectivity index (χ2v) is 4.29. The highest BCUT2D eigenvalue weighted by atomic mass is 35.5. The minimum Gasteiger partial charge on any atom is -0.481 e. The van der Waals surface area contributed by atoms with Crippen LogP contribution in [0.1, 0.15) is 16.8 Å². The molecule has 0 saturated carbocycles. The second kappa shape index (κ2) is 6.75. The molecule has 1 atom stereocenters. The molecule has 0 fully saturated rings. The molecular formula is C12H12ClNO5. The molecule has 1 rings (SSSR count). The Hall–Kier alpha value is -2.08. The quantitative estimate of drug-likeness (QED) is 0.729. The van der Waals surface area contributed by atoms with Gasteiger partial charge in [0.1, 0.15) is 0 Å². The van der Waals surface area contributed by atoms with E-state index in [1.807, 2.05) is 0 Å². The zero-order valence-electron chi connectivity index (χ0n) is 9.80. The first-order valence-electron chi connectivity index (χ1n) is 5.38. The van der Waals surface area contributed by atoms with E-state index in [0.29, 0.717) is 5.02 Å². The lowest BCUT2D eigenvalue weighted by molar-refractivity contribution is -0.148. The molecule has 0 aliphatic carbocycles. The normalized spacial score (nSPS) is 11.6. The maximum Gasteiger partial charge on any atom is 0.308 e. The third kappa shape index (κ3) is 4.97. The van der Waals surface area contributed by atoms with E-state index in [1.54, 1.807) is 12.1 Å². The van der Waals surface area contributed by atoms with E-state index in [-0.39, 0.29) is 12.1 Å². The number of carbonyl (C=O) groups excluding carboxylic acids is 1. The summed E-state index contributed by atoms with van der Waals surface area (Å²) in [4.78, 5) is 33.0. The minimum atomic E-state index is -1.27. The number of carboxylic acid groups (broad SMARTS) is 2. The van der Waals surface area contributed by atoms with E-state index in [9.17, 15) is 14.4 Å². The van der Waals surface area contributed by atoms with E-state index in [0.717, 1.165) is 0 Å². The van der Waals surface area contributed by atoms with Gasteiger partial charge in [-0.05, 0) is 18.2 Å². The van der Waals surface area contributed by atoms with Crippen LogP contribution in [0.2, 0.25) is 5.02 Å². The predicted molar refractivity (Wildman–Crippen MR) is 67.2 cm³/mol. The number of nitrogens with one attached hydrogen (secondary N) is 1. The minimum absolute atomic E-state index is 0.257. The molecule has 6 nitrogen and oxygen atoms in total. The van der Waals surface area contributed by atoms with E-state index >= 15 is 0 Å². The van der Waals surface area contributed by atoms with Crippen molar-refractivity contribution in [3.05, 3.63) is 34.9 Å². The average molecular weight is 286 g/mol. The Bertz CT molecular complexity index is 503. The number of hydrogen-bond acceptors (Lipinski definition) is 3. The summed E-state index contributed by atoms with van der Waals surface area (Å²) in [5.41, 5.74) is 0.284. The average Bonchev–Trinajstić information content (AvgIpc) is 2.33. The van der Waals surface area contributed by atoms with Crippen molar-refractivity contribution in [1.82, 2.24) is 5.32 Å². The van der Waals surface area contributed by atoms with Gasteiger partial charge < -0.3 is 15.5 Å². The number of carbonyl (C=O) groups is 3. The first kappa shape index (κ1) is 15.0. The second-order valence-electron chi connectivity index (χ2n) is 3.85. The van der Waals surface area contributed by atoms with Gasteiger partial charge in [-0.25, -0.2) is 0 Å². The fourth-order valence-electron chi connectivity index (χ4n) is 1.41. The summed E-state index contributed by atoms with van der Waals surface area (Å²) in [6.07, 6.45) is -0.550. The van der Waals surface area contributed by atoms with Crippen LogP contribution in [0.3, 0.4) is 0 Å². The largest absolute Gasteiger partial charge is 0.481 e. The van der Waals surface area contributed by atoms with E-state index in [4.69, 9.17) is 21.8 Å². The van der Waals surface area contributed by atoms with Crippen molar-refractivity contribution in [2.24, 2.45) is 5.92 Å². The summed E-state index contributed by atoms with van der Waals surface area (Å²) in [7, 11) is 0. The van der Waals surface area contributed by atoms with Crippen LogP contribution in [0, 0.1) is 5.92 Å². The Balaban J connectivity index is 2.61. The molecule has 0 saturated heterocycles. The molecule has 0 aliphatic heterocycles. The van der Waals surface area contributed by atoms with Crippen LogP contribution in [0.5, 0.6) is 0 Å². The number of amides is 1. The van der Waals surface area contributed by atoms with Gasteiger partial charge in [-0.3, -0.25) is 14.4 Å². The number of rotatable bonds is 6. The topological polar surface area (TPSA) is 104 Å². The van der Waals surface area contributed by atoms with Crippen LogP contribution in [0.25, 0.3) is 0 Å². The lowest BCUT2D eigenvalue weighted by Gasteiger charge is -2.11. The maximum absolute atomic E-state index is 11.7. The van der Waals surface area contributed by atoms with Crippen molar-refractivity contribution in [3.63, 3.8) is 0 Å². The van der Waals surface area contributed by atoms with Gasteiger partial charge in [-0.2, -0.15) is 0 Å². The molecular weight excluding hydrogens is 274 g/mol. The molecule has 1 aromatic carbocycles. The van der Waals surface area contributed by atoms with Gasteiger partial charge >= 0.3 is 11.9 Å². The molecule has 102 valence electrons. The Kier molecular flexibility index (Phi) is 5.32. The van der Waals surface area contributed by atoms with Crippen molar-refractivity contribution >= 4 is 29.4 Å². The molecule has 1 unspecified atom stereocenters. The molecule has 0 aromatic heterocycles. The van der Waals surface area contributed by atoms with Gasteiger partial charge in [0.05, 0.1) is 12.3 Å². The van der Waals surface area contributed by atoms with Gasteiger partial charge in [-0.15, -0.1) is 0 Å². The zero-order valence-corrected chi connectivity index (χ0v) is 10.6. The highest BCUT2D eigenvalue weighted by Crippen LogP contribution is 2.10. The van der Waals surface area contributed by atoms with Gasteiger partial charge in [0.15, 0.2) is 0 Å². The lowest BCUT2D eigenvalue weighted by Crippen LogP contribution is -2.34. The van der Waals surface area contributed by atoms with Gasteiger partial charge in [0.2, 0.25) is 0 Å². The smallest absolute Gasteiger partial charge is 0.308 e. The molecule has 0 spiro atoms. The molecule has 0 heterocycles. The summed E-state index contributed by atoms with van der Waals surface area (Å²) in [5.74, 6) is -4.17. The van der Waals surface area contributed by atoms with E-state index < -0.39 is 30.2 Å². The third-order valence-corrected chi connectivity index (χ3v) is 2.60. The molecule has 0 aliphatic rings. The number of halogens is 1. The molecule has 0 radical (unpaired) electrons. The van der Waals surface area contributed by atoms with Crippen molar-refractivity contribution in [3.8, 4) is 0 Å². The third-order valence-electron chi connectivity index (χ3n) is 2.37. The molecule has 1 aromatic rings. The predicted octanol–water partition coefficient (Wildman–Crippen LogP) is 1.25. The highest BCUT2D eigenvalue weighted by molar-refractivity contribution is 6.30. The molecule has 19 heavy (non-hydrogen) atoms. The standard InChI is InChI=1S/C12H12ClNO5/c13-9-3-1-2-7(4-9)11(17)14-6-8(12(18)19)5-10(15)16/h1-4,8H,5-6H2,(H,14,17)(H,15,16)(H,18,19). The van der Waals surface area contributed by atoms with Crippen LogP contribution < -0.4 is 5.32 Å². The lowest BCUT2D eigenvalue weighted by atomic mass is 10.1. The van der Waals surface area contributed by atoms with Crippen molar-refractivity contribution in [2.75, 3.05) is 6.54 Å². The zero-order chi connectivity index (χ0) is 14.4. The van der Waals surface area contributed by atoms with E-state index in [2.05, 4.69) is 5.32 Å². The monoisotopic (exact) mass is 285 g/mol. The molecule has 3 N–H and O–H groups in total. The molecule has 7 heteroatoms. The van der Waals surface area contributed by atoms with Crippen molar-refractivity contribution < 1.29 is 24.6 Å². The number of hydrogen-bond donors (Lipinski definition) is 3. The van der Waals surface area contributed by atoms with Crippen LogP contribution >= 0.6 is 11.6 Å². The SMILES string of the molecule is O=C(O)CC(CNC(=O)c1cccc(Cl)c1)C(=O)O. The number of aliphatic carboxylic acids is 2. The van der Waals surface area contributed by atoms with Crippen LogP contribution in [-0.2, 0) is 9.59 Å². The fraction of sp³-hybridized carbons (Fsp3) is 0.250. The van der Waals surface area contributed by atoms with Crippen molar-refractivity contribution in [2.45, 2.75) is 6.42 Å². The molecule has 0 bridgehead atoms. The Morgan fingerprint density at radius 1 is 1.26 bits per heavy atom. The van der Waals surface area contributed by atoms with Gasteiger partial charge in [0.25, 0.3) is 5.91 Å². The number of carboxylic acids is 2. The molecule has 1 amide bonds. The summed E-state index contributed by atoms with van der Waals surface area (Å²) in [6.45, 7) is -0.257.